The molecule has 0 fully saturated rings. The minimum absolute atomic E-state index is 0.941. The van der Waals surface area contributed by atoms with E-state index >= 15 is 0 Å². The van der Waals surface area contributed by atoms with Crippen LogP contribution in [0.3, 0.4) is 0 Å². The molecule has 4 heteroatoms. The average Bonchev–Trinajstić information content (AvgIpc) is 2.89. The normalized spacial score (nSPS) is 11.9. The van der Waals surface area contributed by atoms with Crippen LogP contribution in [0.1, 0.15) is 11.6 Å². The number of hydrogen-bond acceptors (Lipinski definition) is 2. The molecular weight excluding hydrogens is 224 g/mol. The van der Waals surface area contributed by atoms with Crippen molar-refractivity contribution in [3.05, 3.63) is 35.9 Å². The zero-order valence-electron chi connectivity index (χ0n) is 10.2. The highest BCUT2D eigenvalue weighted by atomic mass is 14.9. The molecule has 4 nitrogen and oxygen atoms in total. The quantitative estimate of drug-likeness (QED) is 0.492. The molecule has 0 atom stereocenters. The van der Waals surface area contributed by atoms with Gasteiger partial charge in [0.2, 0.25) is 0 Å². The largest absolute Gasteiger partial charge is 0.342 e. The van der Waals surface area contributed by atoms with E-state index in [9.17, 15) is 0 Å². The van der Waals surface area contributed by atoms with Gasteiger partial charge in [-0.25, -0.2) is 9.97 Å². The Morgan fingerprint density at radius 2 is 1.17 bits per heavy atom. The monoisotopic (exact) mass is 236 g/mol. The number of rotatable bonds is 0. The van der Waals surface area contributed by atoms with Gasteiger partial charge in [-0.1, -0.05) is 0 Å². The first kappa shape index (κ1) is 9.65. The molecule has 0 saturated heterocycles. The molecule has 0 aliphatic rings. The fourth-order valence-corrected chi connectivity index (χ4v) is 2.60. The van der Waals surface area contributed by atoms with Crippen molar-refractivity contribution in [1.82, 2.24) is 19.9 Å². The molecule has 2 aromatic heterocycles. The number of aromatic nitrogens is 4. The lowest BCUT2D eigenvalue weighted by Gasteiger charge is -1.99. The maximum absolute atomic E-state index is 4.56. The lowest BCUT2D eigenvalue weighted by atomic mass is 10.1. The molecule has 0 aliphatic heterocycles. The Morgan fingerprint density at radius 3 is 1.61 bits per heavy atom. The Hall–Kier alpha value is -2.36. The molecule has 2 N–H and O–H groups in total. The standard InChI is InChI=1S/C14H12N4/c1-7-15-11-5-3-10-9(13(11)17-7)4-6-12-14(10)18-8(2)16-12/h3-6H,1-2H3,(H,15,17)(H,16,18). The highest BCUT2D eigenvalue weighted by molar-refractivity contribution is 6.13. The van der Waals surface area contributed by atoms with Crippen molar-refractivity contribution in [3.8, 4) is 0 Å². The van der Waals surface area contributed by atoms with Crippen LogP contribution in [0.2, 0.25) is 0 Å². The second-order valence-corrected chi connectivity index (χ2v) is 4.66. The van der Waals surface area contributed by atoms with Gasteiger partial charge in [-0.3, -0.25) is 0 Å². The minimum atomic E-state index is 0.941. The summed E-state index contributed by atoms with van der Waals surface area (Å²) >= 11 is 0. The molecule has 0 spiro atoms. The second kappa shape index (κ2) is 3.10. The van der Waals surface area contributed by atoms with E-state index in [4.69, 9.17) is 0 Å². The number of hydrogen-bond donors (Lipinski definition) is 2. The van der Waals surface area contributed by atoms with Crippen molar-refractivity contribution in [3.63, 3.8) is 0 Å². The minimum Gasteiger partial charge on any atom is -0.342 e. The first-order chi connectivity index (χ1) is 8.72. The predicted molar refractivity (Wildman–Crippen MR) is 72.7 cm³/mol. The van der Waals surface area contributed by atoms with Crippen molar-refractivity contribution in [2.45, 2.75) is 13.8 Å². The van der Waals surface area contributed by atoms with Gasteiger partial charge in [0, 0.05) is 10.8 Å². The Labute approximate surface area is 103 Å². The molecule has 0 bridgehead atoms. The Bertz CT molecular complexity index is 822. The Balaban J connectivity index is 2.29. The van der Waals surface area contributed by atoms with E-state index in [0.29, 0.717) is 0 Å². The SMILES string of the molecule is Cc1nc2c(ccc3c2ccc2[nH]c(C)nc23)[nH]1. The first-order valence-corrected chi connectivity index (χ1v) is 5.97. The van der Waals surface area contributed by atoms with Gasteiger partial charge in [-0.05, 0) is 38.1 Å². The van der Waals surface area contributed by atoms with Gasteiger partial charge in [0.25, 0.3) is 0 Å². The summed E-state index contributed by atoms with van der Waals surface area (Å²) in [6.07, 6.45) is 0. The molecule has 2 heterocycles. The van der Waals surface area contributed by atoms with Gasteiger partial charge in [-0.15, -0.1) is 0 Å². The van der Waals surface area contributed by atoms with Gasteiger partial charge in [0.15, 0.2) is 0 Å². The average molecular weight is 236 g/mol. The van der Waals surface area contributed by atoms with Crippen molar-refractivity contribution in [2.75, 3.05) is 0 Å². The molecule has 4 rings (SSSR count). The van der Waals surface area contributed by atoms with Gasteiger partial charge in [0.05, 0.1) is 22.1 Å². The molecule has 0 unspecified atom stereocenters. The summed E-state index contributed by atoms with van der Waals surface area (Å²) < 4.78 is 0. The van der Waals surface area contributed by atoms with Crippen LogP contribution in [0.4, 0.5) is 0 Å². The van der Waals surface area contributed by atoms with Crippen molar-refractivity contribution in [1.29, 1.82) is 0 Å². The zero-order valence-corrected chi connectivity index (χ0v) is 10.2. The van der Waals surface area contributed by atoms with Gasteiger partial charge in [-0.2, -0.15) is 0 Å². The molecule has 0 radical (unpaired) electrons. The lowest BCUT2D eigenvalue weighted by molar-refractivity contribution is 1.17. The van der Waals surface area contributed by atoms with Crippen LogP contribution in [0, 0.1) is 13.8 Å². The number of fused-ring (bicyclic) bond motifs is 5. The number of benzene rings is 2. The van der Waals surface area contributed by atoms with E-state index in [-0.39, 0.29) is 0 Å². The molecule has 4 aromatic rings. The second-order valence-electron chi connectivity index (χ2n) is 4.66. The summed E-state index contributed by atoms with van der Waals surface area (Å²) in [6.45, 7) is 3.95. The third kappa shape index (κ3) is 1.14. The summed E-state index contributed by atoms with van der Waals surface area (Å²) in [7, 11) is 0. The highest BCUT2D eigenvalue weighted by Gasteiger charge is 2.09. The summed E-state index contributed by atoms with van der Waals surface area (Å²) in [6, 6.07) is 8.36. The van der Waals surface area contributed by atoms with Crippen LogP contribution in [0.15, 0.2) is 24.3 Å². The lowest BCUT2D eigenvalue weighted by Crippen LogP contribution is -1.79. The molecular formula is C14H12N4. The Morgan fingerprint density at radius 1 is 0.722 bits per heavy atom. The highest BCUT2D eigenvalue weighted by Crippen LogP contribution is 2.28. The third-order valence-electron chi connectivity index (χ3n) is 3.33. The number of aryl methyl sites for hydroxylation is 2. The summed E-state index contributed by atoms with van der Waals surface area (Å²) in [5.41, 5.74) is 4.19. The summed E-state index contributed by atoms with van der Waals surface area (Å²) in [4.78, 5) is 15.7. The van der Waals surface area contributed by atoms with Crippen molar-refractivity contribution < 1.29 is 0 Å². The van der Waals surface area contributed by atoms with Crippen LogP contribution < -0.4 is 0 Å². The number of imidazole rings is 2. The molecule has 0 saturated carbocycles. The zero-order chi connectivity index (χ0) is 12.3. The molecule has 2 aromatic carbocycles. The van der Waals surface area contributed by atoms with Crippen LogP contribution in [-0.2, 0) is 0 Å². The molecule has 88 valence electrons. The van der Waals surface area contributed by atoms with Gasteiger partial charge in [0.1, 0.15) is 11.6 Å². The number of nitrogens with one attached hydrogen (secondary N) is 2. The van der Waals surface area contributed by atoms with E-state index in [1.807, 2.05) is 13.8 Å². The summed E-state index contributed by atoms with van der Waals surface area (Å²) in [5, 5.41) is 2.30. The number of H-pyrrole nitrogens is 2. The van der Waals surface area contributed by atoms with E-state index in [0.717, 1.165) is 44.5 Å². The fraction of sp³-hybridized carbons (Fsp3) is 0.143. The van der Waals surface area contributed by atoms with E-state index < -0.39 is 0 Å². The van der Waals surface area contributed by atoms with Crippen LogP contribution in [0.25, 0.3) is 32.8 Å². The first-order valence-electron chi connectivity index (χ1n) is 5.97. The van der Waals surface area contributed by atoms with Crippen LogP contribution >= 0.6 is 0 Å². The smallest absolute Gasteiger partial charge is 0.104 e. The maximum atomic E-state index is 4.56. The van der Waals surface area contributed by atoms with E-state index in [2.05, 4.69) is 44.2 Å². The van der Waals surface area contributed by atoms with Gasteiger partial charge >= 0.3 is 0 Å². The van der Waals surface area contributed by atoms with Crippen LogP contribution in [0.5, 0.6) is 0 Å². The number of nitrogens with zero attached hydrogens (tertiary/aromatic N) is 2. The van der Waals surface area contributed by atoms with Crippen molar-refractivity contribution in [2.24, 2.45) is 0 Å². The van der Waals surface area contributed by atoms with E-state index in [1.54, 1.807) is 0 Å². The third-order valence-corrected chi connectivity index (χ3v) is 3.33. The molecule has 18 heavy (non-hydrogen) atoms. The van der Waals surface area contributed by atoms with Crippen molar-refractivity contribution >= 4 is 32.8 Å². The molecule has 0 amide bonds. The predicted octanol–water partition coefficient (Wildman–Crippen LogP) is 3.21. The fourth-order valence-electron chi connectivity index (χ4n) is 2.60. The summed E-state index contributed by atoms with van der Waals surface area (Å²) in [5.74, 6) is 1.88. The van der Waals surface area contributed by atoms with Crippen LogP contribution in [-0.4, -0.2) is 19.9 Å². The van der Waals surface area contributed by atoms with E-state index in [1.165, 1.54) is 0 Å². The Kier molecular flexibility index (Phi) is 1.66. The maximum Gasteiger partial charge on any atom is 0.104 e. The molecule has 0 aliphatic carbocycles. The number of aromatic amines is 2. The van der Waals surface area contributed by atoms with Gasteiger partial charge < -0.3 is 9.97 Å². The topological polar surface area (TPSA) is 57.4 Å².